The number of likely N-dealkylation sites (tertiary alicyclic amines) is 1. The Bertz CT molecular complexity index is 571. The van der Waals surface area contributed by atoms with Crippen molar-refractivity contribution in [1.82, 2.24) is 15.5 Å². The van der Waals surface area contributed by atoms with E-state index < -0.39 is 0 Å². The van der Waals surface area contributed by atoms with Gasteiger partial charge in [-0.1, -0.05) is 12.1 Å². The van der Waals surface area contributed by atoms with Crippen LogP contribution in [0.2, 0.25) is 0 Å². The van der Waals surface area contributed by atoms with Gasteiger partial charge in [0.05, 0.1) is 12.6 Å². The largest absolute Gasteiger partial charge is 0.450 e. The third-order valence-electron chi connectivity index (χ3n) is 4.43. The summed E-state index contributed by atoms with van der Waals surface area (Å²) in [5.74, 6) is -0.344. The molecular weight excluding hydrogens is 325 g/mol. The Morgan fingerprint density at radius 1 is 1.28 bits per heavy atom. The van der Waals surface area contributed by atoms with E-state index in [1.807, 2.05) is 6.92 Å². The predicted octanol–water partition coefficient (Wildman–Crippen LogP) is 2.04. The summed E-state index contributed by atoms with van der Waals surface area (Å²) >= 11 is 0. The van der Waals surface area contributed by atoms with Crippen LogP contribution in [-0.2, 0) is 16.1 Å². The molecule has 0 saturated carbocycles. The average molecular weight is 351 g/mol. The smallest absolute Gasteiger partial charge is 0.407 e. The highest BCUT2D eigenvalue weighted by molar-refractivity contribution is 5.81. The molecule has 0 bridgehead atoms. The van der Waals surface area contributed by atoms with E-state index in [9.17, 15) is 14.0 Å². The Morgan fingerprint density at radius 3 is 2.52 bits per heavy atom. The highest BCUT2D eigenvalue weighted by Gasteiger charge is 2.27. The first-order valence-electron chi connectivity index (χ1n) is 8.69. The van der Waals surface area contributed by atoms with Crippen molar-refractivity contribution in [3.05, 3.63) is 35.6 Å². The first-order chi connectivity index (χ1) is 12.0. The molecule has 0 unspecified atom stereocenters. The lowest BCUT2D eigenvalue weighted by molar-refractivity contribution is -0.126. The molecule has 1 aliphatic rings. The van der Waals surface area contributed by atoms with Gasteiger partial charge in [-0.05, 0) is 44.4 Å². The molecule has 1 aromatic rings. The van der Waals surface area contributed by atoms with E-state index in [0.717, 1.165) is 31.5 Å². The maximum Gasteiger partial charge on any atom is 0.407 e. The zero-order valence-corrected chi connectivity index (χ0v) is 14.8. The number of nitrogens with one attached hydrogen (secondary N) is 2. The second-order valence-electron chi connectivity index (χ2n) is 6.20. The van der Waals surface area contributed by atoms with Gasteiger partial charge in [0.1, 0.15) is 5.82 Å². The number of carbonyl (C=O) groups is 2. The fourth-order valence-corrected chi connectivity index (χ4v) is 2.88. The molecule has 1 heterocycles. The molecule has 0 radical (unpaired) electrons. The number of benzene rings is 1. The molecular formula is C18H26FN3O3. The van der Waals surface area contributed by atoms with Crippen molar-refractivity contribution < 1.29 is 18.7 Å². The molecule has 1 aromatic carbocycles. The van der Waals surface area contributed by atoms with Gasteiger partial charge in [0, 0.05) is 25.7 Å². The Labute approximate surface area is 147 Å². The summed E-state index contributed by atoms with van der Waals surface area (Å²) in [7, 11) is 0. The molecule has 2 rings (SSSR count). The Morgan fingerprint density at radius 2 is 1.92 bits per heavy atom. The van der Waals surface area contributed by atoms with Crippen LogP contribution in [0.3, 0.4) is 0 Å². The van der Waals surface area contributed by atoms with Gasteiger partial charge < -0.3 is 15.4 Å². The topological polar surface area (TPSA) is 70.7 Å². The molecule has 1 fully saturated rings. The molecule has 0 spiro atoms. The molecule has 2 amide bonds. The third kappa shape index (κ3) is 6.01. The zero-order chi connectivity index (χ0) is 18.2. The predicted molar refractivity (Wildman–Crippen MR) is 92.5 cm³/mol. The quantitative estimate of drug-likeness (QED) is 0.823. The highest BCUT2D eigenvalue weighted by atomic mass is 19.1. The second kappa shape index (κ2) is 9.36. The first kappa shape index (κ1) is 19.2. The zero-order valence-electron chi connectivity index (χ0n) is 14.8. The van der Waals surface area contributed by atoms with Crippen molar-refractivity contribution in [2.45, 2.75) is 45.3 Å². The van der Waals surface area contributed by atoms with Crippen LogP contribution in [0.25, 0.3) is 0 Å². The molecule has 1 saturated heterocycles. The maximum absolute atomic E-state index is 12.9. The number of nitrogens with zero attached hydrogens (tertiary/aromatic N) is 1. The van der Waals surface area contributed by atoms with Crippen molar-refractivity contribution in [2.24, 2.45) is 0 Å². The van der Waals surface area contributed by atoms with Crippen LogP contribution in [-0.4, -0.2) is 48.7 Å². The Kier molecular flexibility index (Phi) is 7.18. The van der Waals surface area contributed by atoms with Crippen LogP contribution < -0.4 is 10.6 Å². The number of amides is 2. The summed E-state index contributed by atoms with van der Waals surface area (Å²) in [5, 5.41) is 5.72. The van der Waals surface area contributed by atoms with E-state index >= 15 is 0 Å². The summed E-state index contributed by atoms with van der Waals surface area (Å²) in [6.07, 6.45) is 1.19. The van der Waals surface area contributed by atoms with Crippen LogP contribution in [0, 0.1) is 5.82 Å². The molecule has 6 nitrogen and oxygen atoms in total. The van der Waals surface area contributed by atoms with E-state index in [0.29, 0.717) is 13.2 Å². The van der Waals surface area contributed by atoms with E-state index in [4.69, 9.17) is 4.74 Å². The number of halogens is 1. The van der Waals surface area contributed by atoms with Gasteiger partial charge in [-0.3, -0.25) is 9.69 Å². The van der Waals surface area contributed by atoms with Gasteiger partial charge in [-0.15, -0.1) is 0 Å². The van der Waals surface area contributed by atoms with Gasteiger partial charge >= 0.3 is 6.09 Å². The van der Waals surface area contributed by atoms with Crippen molar-refractivity contribution >= 4 is 12.0 Å². The lowest BCUT2D eigenvalue weighted by atomic mass is 10.0. The third-order valence-corrected chi connectivity index (χ3v) is 4.43. The Hall–Kier alpha value is -2.15. The van der Waals surface area contributed by atoms with Crippen LogP contribution in [0.15, 0.2) is 24.3 Å². The van der Waals surface area contributed by atoms with Crippen LogP contribution in [0.4, 0.5) is 9.18 Å². The fourth-order valence-electron chi connectivity index (χ4n) is 2.88. The first-order valence-corrected chi connectivity index (χ1v) is 8.69. The van der Waals surface area contributed by atoms with Crippen LogP contribution in [0.1, 0.15) is 32.3 Å². The van der Waals surface area contributed by atoms with Gasteiger partial charge in [-0.2, -0.15) is 0 Å². The fraction of sp³-hybridized carbons (Fsp3) is 0.556. The SMILES string of the molecule is CCOC(=O)NC1CCN([C@@H](C)C(=O)NCc2ccc(F)cc2)CC1. The number of carbonyl (C=O) groups excluding carboxylic acids is 2. The van der Waals surface area contributed by atoms with Gasteiger partial charge in [0.25, 0.3) is 0 Å². The van der Waals surface area contributed by atoms with Crippen molar-refractivity contribution in [1.29, 1.82) is 0 Å². The summed E-state index contributed by atoms with van der Waals surface area (Å²) in [6, 6.07) is 5.92. The minimum Gasteiger partial charge on any atom is -0.450 e. The number of rotatable bonds is 6. The number of hydrogen-bond acceptors (Lipinski definition) is 4. The monoisotopic (exact) mass is 351 g/mol. The minimum absolute atomic E-state index is 0.0545. The highest BCUT2D eigenvalue weighted by Crippen LogP contribution is 2.14. The molecule has 2 N–H and O–H groups in total. The van der Waals surface area contributed by atoms with Crippen molar-refractivity contribution in [2.75, 3.05) is 19.7 Å². The van der Waals surface area contributed by atoms with E-state index in [2.05, 4.69) is 15.5 Å². The van der Waals surface area contributed by atoms with Gasteiger partial charge in [0.15, 0.2) is 0 Å². The lowest BCUT2D eigenvalue weighted by Crippen LogP contribution is -2.51. The van der Waals surface area contributed by atoms with E-state index in [-0.39, 0.29) is 29.9 Å². The summed E-state index contributed by atoms with van der Waals surface area (Å²) in [4.78, 5) is 25.9. The molecule has 1 aliphatic heterocycles. The number of alkyl carbamates (subject to hydrolysis) is 1. The molecule has 25 heavy (non-hydrogen) atoms. The van der Waals surface area contributed by atoms with Gasteiger partial charge in [0.2, 0.25) is 5.91 Å². The number of ether oxygens (including phenoxy) is 1. The van der Waals surface area contributed by atoms with Crippen LogP contribution in [0.5, 0.6) is 0 Å². The van der Waals surface area contributed by atoms with Crippen molar-refractivity contribution in [3.63, 3.8) is 0 Å². The Balaban J connectivity index is 1.73. The molecule has 138 valence electrons. The molecule has 1 atom stereocenters. The summed E-state index contributed by atoms with van der Waals surface area (Å²) < 4.78 is 17.8. The van der Waals surface area contributed by atoms with Gasteiger partial charge in [-0.25, -0.2) is 9.18 Å². The second-order valence-corrected chi connectivity index (χ2v) is 6.20. The average Bonchev–Trinajstić information content (AvgIpc) is 2.61. The molecule has 0 aromatic heterocycles. The minimum atomic E-state index is -0.383. The van der Waals surface area contributed by atoms with Crippen LogP contribution >= 0.6 is 0 Å². The van der Waals surface area contributed by atoms with Crippen molar-refractivity contribution in [3.8, 4) is 0 Å². The summed E-state index contributed by atoms with van der Waals surface area (Å²) in [5.41, 5.74) is 0.860. The van der Waals surface area contributed by atoms with E-state index in [1.54, 1.807) is 19.1 Å². The lowest BCUT2D eigenvalue weighted by Gasteiger charge is -2.35. The van der Waals surface area contributed by atoms with E-state index in [1.165, 1.54) is 12.1 Å². The summed E-state index contributed by atoms with van der Waals surface area (Å²) in [6.45, 7) is 5.86. The number of piperidine rings is 1. The standard InChI is InChI=1S/C18H26FN3O3/c1-3-25-18(24)21-16-8-10-22(11-9-16)13(2)17(23)20-12-14-4-6-15(19)7-5-14/h4-7,13,16H,3,8-12H2,1-2H3,(H,20,23)(H,21,24)/t13-/m0/s1. The number of hydrogen-bond donors (Lipinski definition) is 2. The molecule has 0 aliphatic carbocycles. The maximum atomic E-state index is 12.9. The molecule has 7 heteroatoms. The normalized spacial score (nSPS) is 16.9.